The summed E-state index contributed by atoms with van der Waals surface area (Å²) in [6.45, 7) is 0. The lowest BCUT2D eigenvalue weighted by Crippen LogP contribution is -2.49. The van der Waals surface area contributed by atoms with E-state index in [-0.39, 0.29) is 24.7 Å². The highest BCUT2D eigenvalue weighted by molar-refractivity contribution is 6.80. The lowest BCUT2D eigenvalue weighted by molar-refractivity contribution is 1.04. The van der Waals surface area contributed by atoms with Crippen LogP contribution in [0, 0.1) is 0 Å². The SMILES string of the molecule is [N-]=[N+]=NC[Si](CN=[N+]=[N-])(CN=[N+]=[N-])CN=[N+]=[N-]. The van der Waals surface area contributed by atoms with Gasteiger partial charge in [-0.3, -0.25) is 0 Å². The van der Waals surface area contributed by atoms with Crippen molar-refractivity contribution in [3.8, 4) is 0 Å². The summed E-state index contributed by atoms with van der Waals surface area (Å²) in [5.74, 6) is 0. The molecule has 88 valence electrons. The summed E-state index contributed by atoms with van der Waals surface area (Å²) >= 11 is 0. The van der Waals surface area contributed by atoms with Gasteiger partial charge < -0.3 is 0 Å². The summed E-state index contributed by atoms with van der Waals surface area (Å²) in [6, 6.07) is 0. The van der Waals surface area contributed by atoms with E-state index < -0.39 is 8.07 Å². The first-order valence-electron chi connectivity index (χ1n) is 4.28. The number of hydrogen-bond donors (Lipinski definition) is 0. The molecule has 0 unspecified atom stereocenters. The van der Waals surface area contributed by atoms with Gasteiger partial charge >= 0.3 is 0 Å². The van der Waals surface area contributed by atoms with Gasteiger partial charge in [0, 0.05) is 44.3 Å². The minimum Gasteiger partial charge on any atom is -0.0969 e. The third-order valence-electron chi connectivity index (χ3n) is 1.88. The van der Waals surface area contributed by atoms with Gasteiger partial charge in [0.15, 0.2) is 0 Å². The second kappa shape index (κ2) is 8.74. The fraction of sp³-hybridized carbons (Fsp3) is 1.00. The van der Waals surface area contributed by atoms with Gasteiger partial charge in [-0.15, -0.1) is 0 Å². The van der Waals surface area contributed by atoms with Gasteiger partial charge in [-0.05, 0) is 22.1 Å². The molecule has 0 aliphatic carbocycles. The maximum Gasteiger partial charge on any atom is 0.0801 e. The molecule has 0 aliphatic heterocycles. The molecule has 13 heteroatoms. The molecule has 0 aliphatic rings. The first-order chi connectivity index (χ1) is 8.24. The quantitative estimate of drug-likeness (QED) is 0.265. The maximum absolute atomic E-state index is 8.28. The molecule has 0 heterocycles. The topological polar surface area (TPSA) is 195 Å². The van der Waals surface area contributed by atoms with Crippen LogP contribution in [0.25, 0.3) is 41.8 Å². The fourth-order valence-corrected chi connectivity index (χ4v) is 3.08. The molecule has 0 fully saturated rings. The van der Waals surface area contributed by atoms with Crippen LogP contribution in [0.3, 0.4) is 0 Å². The van der Waals surface area contributed by atoms with Gasteiger partial charge in [0.25, 0.3) is 0 Å². The molecular weight excluding hydrogens is 244 g/mol. The van der Waals surface area contributed by atoms with Crippen molar-refractivity contribution in [3.63, 3.8) is 0 Å². The number of nitrogens with zero attached hydrogens (tertiary/aromatic N) is 12. The maximum atomic E-state index is 8.28. The molecule has 0 aromatic carbocycles. The van der Waals surface area contributed by atoms with Crippen LogP contribution in [0.15, 0.2) is 20.5 Å². The molecule has 12 nitrogen and oxygen atoms in total. The molecule has 0 amide bonds. The largest absolute Gasteiger partial charge is 0.0969 e. The lowest BCUT2D eigenvalue weighted by atomic mass is 11.4. The van der Waals surface area contributed by atoms with Crippen molar-refractivity contribution in [1.82, 2.24) is 0 Å². The van der Waals surface area contributed by atoms with Crippen LogP contribution in [-0.4, -0.2) is 32.7 Å². The van der Waals surface area contributed by atoms with Crippen LogP contribution < -0.4 is 0 Å². The minimum atomic E-state index is -2.56. The molecule has 0 N–H and O–H groups in total. The van der Waals surface area contributed by atoms with Crippen molar-refractivity contribution in [2.75, 3.05) is 24.7 Å². The summed E-state index contributed by atoms with van der Waals surface area (Å²) in [4.78, 5) is 10.4. The van der Waals surface area contributed by atoms with Crippen molar-refractivity contribution in [2.24, 2.45) is 20.5 Å². The Kier molecular flexibility index (Phi) is 7.43. The Morgan fingerprint density at radius 2 is 0.824 bits per heavy atom. The summed E-state index contributed by atoms with van der Waals surface area (Å²) in [5, 5.41) is 13.6. The number of azide groups is 4. The van der Waals surface area contributed by atoms with Crippen LogP contribution in [0.1, 0.15) is 0 Å². The van der Waals surface area contributed by atoms with Crippen LogP contribution in [0.2, 0.25) is 0 Å². The molecular formula is C4H8N12Si. The first kappa shape index (κ1) is 14.5. The zero-order chi connectivity index (χ0) is 13.0. The predicted octanol–water partition coefficient (Wildman–Crippen LogP) is 2.83. The van der Waals surface area contributed by atoms with E-state index in [1.54, 1.807) is 0 Å². The second-order valence-electron chi connectivity index (χ2n) is 3.06. The Balaban J connectivity index is 5.12. The van der Waals surface area contributed by atoms with Gasteiger partial charge in [0.1, 0.15) is 0 Å². The normalized spacial score (nSPS) is 11.8. The minimum absolute atomic E-state index is 0.0422. The Morgan fingerprint density at radius 1 is 0.588 bits per heavy atom. The molecule has 0 aromatic heterocycles. The predicted molar refractivity (Wildman–Crippen MR) is 61.8 cm³/mol. The Bertz CT molecular complexity index is 344. The molecule has 0 spiro atoms. The lowest BCUT2D eigenvalue weighted by Gasteiger charge is -2.23. The van der Waals surface area contributed by atoms with Crippen LogP contribution >= 0.6 is 0 Å². The van der Waals surface area contributed by atoms with E-state index in [0.29, 0.717) is 0 Å². The van der Waals surface area contributed by atoms with E-state index in [2.05, 4.69) is 40.1 Å². The molecule has 0 radical (unpaired) electrons. The van der Waals surface area contributed by atoms with Crippen molar-refractivity contribution >= 4 is 8.07 Å². The van der Waals surface area contributed by atoms with E-state index in [4.69, 9.17) is 22.1 Å². The summed E-state index contributed by atoms with van der Waals surface area (Å²) in [6.07, 6.45) is 0.169. The molecule has 17 heavy (non-hydrogen) atoms. The van der Waals surface area contributed by atoms with E-state index >= 15 is 0 Å². The van der Waals surface area contributed by atoms with Crippen LogP contribution in [-0.2, 0) is 0 Å². The van der Waals surface area contributed by atoms with Gasteiger partial charge in [0.2, 0.25) is 0 Å². The fourth-order valence-electron chi connectivity index (χ4n) is 1.03. The highest BCUT2D eigenvalue weighted by Gasteiger charge is 2.30. The van der Waals surface area contributed by atoms with Gasteiger partial charge in [0.05, 0.1) is 8.07 Å². The third-order valence-corrected chi connectivity index (χ3v) is 5.13. The number of hydrogen-bond acceptors (Lipinski definition) is 4. The van der Waals surface area contributed by atoms with E-state index in [1.165, 1.54) is 0 Å². The highest BCUT2D eigenvalue weighted by atomic mass is 28.3. The smallest absolute Gasteiger partial charge is 0.0801 e. The zero-order valence-electron chi connectivity index (χ0n) is 8.69. The average Bonchev–Trinajstić information content (AvgIpc) is 2.37. The monoisotopic (exact) mass is 252 g/mol. The van der Waals surface area contributed by atoms with E-state index in [9.17, 15) is 0 Å². The molecule has 0 bridgehead atoms. The molecule has 0 rings (SSSR count). The molecule has 0 aromatic rings. The second-order valence-corrected chi connectivity index (χ2v) is 7.32. The van der Waals surface area contributed by atoms with Gasteiger partial charge in [-0.1, -0.05) is 20.5 Å². The van der Waals surface area contributed by atoms with Crippen molar-refractivity contribution in [2.45, 2.75) is 0 Å². The molecule has 0 saturated carbocycles. The summed E-state index contributed by atoms with van der Waals surface area (Å²) in [5.41, 5.74) is 33.1. The zero-order valence-corrected chi connectivity index (χ0v) is 9.69. The molecule has 0 atom stereocenters. The van der Waals surface area contributed by atoms with Crippen molar-refractivity contribution < 1.29 is 0 Å². The third kappa shape index (κ3) is 5.80. The highest BCUT2D eigenvalue weighted by Crippen LogP contribution is 2.08. The Hall–Kier alpha value is -2.54. The van der Waals surface area contributed by atoms with Gasteiger partial charge in [-0.25, -0.2) is 0 Å². The van der Waals surface area contributed by atoms with Crippen molar-refractivity contribution in [3.05, 3.63) is 41.8 Å². The van der Waals surface area contributed by atoms with E-state index in [0.717, 1.165) is 0 Å². The summed E-state index contributed by atoms with van der Waals surface area (Å²) in [7, 11) is -2.56. The average molecular weight is 252 g/mol. The van der Waals surface area contributed by atoms with Crippen molar-refractivity contribution in [1.29, 1.82) is 0 Å². The van der Waals surface area contributed by atoms with Crippen LogP contribution in [0.4, 0.5) is 0 Å². The number of rotatable bonds is 8. The first-order valence-corrected chi connectivity index (χ1v) is 7.11. The van der Waals surface area contributed by atoms with Gasteiger partial charge in [-0.2, -0.15) is 0 Å². The summed E-state index contributed by atoms with van der Waals surface area (Å²) < 4.78 is 0. The Labute approximate surface area is 95.7 Å². The standard InChI is InChI=1S/C4H8N12Si/c5-13-9-1-17(2-10-14-6,3-11-15-7)4-12-16-8/h1-4H2. The van der Waals surface area contributed by atoms with Crippen LogP contribution in [0.5, 0.6) is 0 Å². The molecule has 0 saturated heterocycles. The Morgan fingerprint density at radius 3 is 1.00 bits per heavy atom. The van der Waals surface area contributed by atoms with E-state index in [1.807, 2.05) is 0 Å².